The van der Waals surface area contributed by atoms with Crippen LogP contribution in [0, 0.1) is 5.41 Å². The van der Waals surface area contributed by atoms with Gasteiger partial charge in [0.15, 0.2) is 0 Å². The molecule has 1 aliphatic heterocycles. The highest BCUT2D eigenvalue weighted by Crippen LogP contribution is 2.34. The van der Waals surface area contributed by atoms with Crippen LogP contribution in [0.15, 0.2) is 29.2 Å². The second-order valence-electron chi connectivity index (χ2n) is 6.12. The third-order valence-electron chi connectivity index (χ3n) is 3.92. The Bertz CT molecular complexity index is 646. The van der Waals surface area contributed by atoms with Gasteiger partial charge in [-0.3, -0.25) is 0 Å². The van der Waals surface area contributed by atoms with E-state index in [1.165, 1.54) is 12.1 Å². The Morgan fingerprint density at radius 3 is 2.50 bits per heavy atom. The first-order valence-corrected chi connectivity index (χ1v) is 8.36. The molecule has 0 spiro atoms. The quantitative estimate of drug-likeness (QED) is 0.918. The Morgan fingerprint density at radius 1 is 1.32 bits per heavy atom. The molecule has 124 valence electrons. The minimum absolute atomic E-state index is 0.117. The summed E-state index contributed by atoms with van der Waals surface area (Å²) in [5, 5.41) is 0. The molecular formula is C14H19F3N2O2S. The second-order valence-corrected chi connectivity index (χ2v) is 7.85. The summed E-state index contributed by atoms with van der Waals surface area (Å²) in [5.74, 6) is 0. The van der Waals surface area contributed by atoms with Crippen molar-refractivity contribution in [2.45, 2.75) is 24.4 Å². The Kier molecular flexibility index (Phi) is 4.56. The van der Waals surface area contributed by atoms with Crippen LogP contribution in [0.5, 0.6) is 0 Å². The van der Waals surface area contributed by atoms with Crippen molar-refractivity contribution in [2.24, 2.45) is 5.41 Å². The molecule has 1 fully saturated rings. The van der Waals surface area contributed by atoms with Gasteiger partial charge in [0.1, 0.15) is 0 Å². The lowest BCUT2D eigenvalue weighted by Crippen LogP contribution is -2.37. The van der Waals surface area contributed by atoms with Gasteiger partial charge >= 0.3 is 6.18 Å². The lowest BCUT2D eigenvalue weighted by atomic mass is 9.90. The van der Waals surface area contributed by atoms with E-state index in [4.69, 9.17) is 0 Å². The molecule has 0 saturated carbocycles. The Morgan fingerprint density at radius 2 is 1.95 bits per heavy atom. The van der Waals surface area contributed by atoms with Crippen molar-refractivity contribution < 1.29 is 21.6 Å². The van der Waals surface area contributed by atoms with Crippen molar-refractivity contribution in [1.82, 2.24) is 9.62 Å². The molecular weight excluding hydrogens is 317 g/mol. The summed E-state index contributed by atoms with van der Waals surface area (Å²) in [6.45, 7) is 3.59. The van der Waals surface area contributed by atoms with Crippen molar-refractivity contribution >= 4 is 10.0 Å². The van der Waals surface area contributed by atoms with Gasteiger partial charge in [0.05, 0.1) is 10.5 Å². The van der Waals surface area contributed by atoms with Gasteiger partial charge in [0.25, 0.3) is 0 Å². The largest absolute Gasteiger partial charge is 0.417 e. The number of rotatable bonds is 4. The molecule has 2 rings (SSSR count). The van der Waals surface area contributed by atoms with Gasteiger partial charge in [-0.05, 0) is 37.6 Å². The molecule has 1 aliphatic rings. The van der Waals surface area contributed by atoms with E-state index in [9.17, 15) is 21.6 Å². The highest BCUT2D eigenvalue weighted by Gasteiger charge is 2.38. The zero-order valence-electron chi connectivity index (χ0n) is 12.4. The summed E-state index contributed by atoms with van der Waals surface area (Å²) in [7, 11) is -2.28. The van der Waals surface area contributed by atoms with Crippen molar-refractivity contribution in [3.63, 3.8) is 0 Å². The van der Waals surface area contributed by atoms with E-state index in [0.717, 1.165) is 25.1 Å². The summed E-state index contributed by atoms with van der Waals surface area (Å²) < 4.78 is 65.7. The van der Waals surface area contributed by atoms with Crippen molar-refractivity contribution in [3.8, 4) is 0 Å². The molecule has 0 bridgehead atoms. The fraction of sp³-hybridized carbons (Fsp3) is 0.571. The van der Waals surface area contributed by atoms with Crippen LogP contribution in [-0.2, 0) is 16.2 Å². The number of nitrogens with one attached hydrogen (secondary N) is 1. The van der Waals surface area contributed by atoms with Crippen LogP contribution in [-0.4, -0.2) is 40.0 Å². The Labute approximate surface area is 128 Å². The van der Waals surface area contributed by atoms with Gasteiger partial charge in [-0.25, -0.2) is 13.1 Å². The smallest absolute Gasteiger partial charge is 0.306 e. The van der Waals surface area contributed by atoms with E-state index in [1.54, 1.807) is 0 Å². The predicted molar refractivity (Wildman–Crippen MR) is 76.9 cm³/mol. The van der Waals surface area contributed by atoms with Gasteiger partial charge in [-0.15, -0.1) is 0 Å². The van der Waals surface area contributed by atoms with Crippen LogP contribution in [0.3, 0.4) is 0 Å². The van der Waals surface area contributed by atoms with Crippen LogP contribution in [0.2, 0.25) is 0 Å². The third kappa shape index (κ3) is 3.80. The summed E-state index contributed by atoms with van der Waals surface area (Å²) in [6.07, 6.45) is -3.91. The molecule has 1 atom stereocenters. The van der Waals surface area contributed by atoms with E-state index in [2.05, 4.69) is 9.62 Å². The summed E-state index contributed by atoms with van der Waals surface area (Å²) in [5.41, 5.74) is -1.41. The number of hydrogen-bond acceptors (Lipinski definition) is 3. The number of nitrogens with zero attached hydrogens (tertiary/aromatic N) is 1. The van der Waals surface area contributed by atoms with Gasteiger partial charge in [0.2, 0.25) is 10.0 Å². The third-order valence-corrected chi connectivity index (χ3v) is 5.38. The molecule has 8 heteroatoms. The molecule has 0 radical (unpaired) electrons. The van der Waals surface area contributed by atoms with E-state index in [1.807, 2.05) is 14.0 Å². The molecule has 22 heavy (non-hydrogen) atoms. The van der Waals surface area contributed by atoms with Gasteiger partial charge in [0, 0.05) is 13.1 Å². The number of sulfonamides is 1. The van der Waals surface area contributed by atoms with E-state index in [0.29, 0.717) is 6.54 Å². The highest BCUT2D eigenvalue weighted by atomic mass is 32.2. The highest BCUT2D eigenvalue weighted by molar-refractivity contribution is 7.89. The van der Waals surface area contributed by atoms with E-state index >= 15 is 0 Å². The summed E-state index contributed by atoms with van der Waals surface area (Å²) in [4.78, 5) is 1.34. The minimum atomic E-state index is -4.71. The van der Waals surface area contributed by atoms with Crippen molar-refractivity contribution in [1.29, 1.82) is 0 Å². The number of halogens is 3. The molecule has 0 amide bonds. The zero-order chi connectivity index (χ0) is 16.6. The first-order valence-electron chi connectivity index (χ1n) is 6.88. The molecule has 1 aromatic rings. The molecule has 1 aromatic carbocycles. The summed E-state index contributed by atoms with van der Waals surface area (Å²) in [6, 6.07) is 4.22. The Balaban J connectivity index is 2.22. The maximum Gasteiger partial charge on any atom is 0.417 e. The summed E-state index contributed by atoms with van der Waals surface area (Å²) >= 11 is 0. The monoisotopic (exact) mass is 336 g/mol. The zero-order valence-corrected chi connectivity index (χ0v) is 13.3. The van der Waals surface area contributed by atoms with Crippen LogP contribution in [0.4, 0.5) is 13.2 Å². The predicted octanol–water partition coefficient (Wildman–Crippen LogP) is 2.33. The van der Waals surface area contributed by atoms with Crippen LogP contribution >= 0.6 is 0 Å². The lowest BCUT2D eigenvalue weighted by Gasteiger charge is -2.24. The van der Waals surface area contributed by atoms with Crippen molar-refractivity contribution in [2.75, 3.05) is 26.7 Å². The normalized spacial score (nSPS) is 23.9. The fourth-order valence-corrected chi connectivity index (χ4v) is 4.12. The first kappa shape index (κ1) is 17.2. The molecule has 0 aromatic heterocycles. The van der Waals surface area contributed by atoms with E-state index < -0.39 is 26.7 Å². The maximum atomic E-state index is 12.9. The minimum Gasteiger partial charge on any atom is -0.306 e. The standard InChI is InChI=1S/C14H19F3N2O2S/c1-13(7-8-19(2)10-13)9-18-22(20,21)12-6-4-3-5-11(12)14(15,16)17/h3-6,18H,7-10H2,1-2H3. The van der Waals surface area contributed by atoms with Crippen LogP contribution < -0.4 is 4.72 Å². The number of hydrogen-bond donors (Lipinski definition) is 1. The average molecular weight is 336 g/mol. The fourth-order valence-electron chi connectivity index (χ4n) is 2.70. The lowest BCUT2D eigenvalue weighted by molar-refractivity contribution is -0.139. The maximum absolute atomic E-state index is 12.9. The molecule has 1 unspecified atom stereocenters. The van der Waals surface area contributed by atoms with Crippen LogP contribution in [0.25, 0.3) is 0 Å². The second kappa shape index (κ2) is 5.82. The molecule has 0 aliphatic carbocycles. The Hall–Kier alpha value is -1.12. The van der Waals surface area contributed by atoms with Gasteiger partial charge in [-0.2, -0.15) is 13.2 Å². The van der Waals surface area contributed by atoms with Gasteiger partial charge < -0.3 is 4.90 Å². The van der Waals surface area contributed by atoms with Gasteiger partial charge in [-0.1, -0.05) is 19.1 Å². The molecule has 1 N–H and O–H groups in total. The first-order chi connectivity index (χ1) is 10.0. The molecule has 1 heterocycles. The molecule has 1 saturated heterocycles. The molecule has 4 nitrogen and oxygen atoms in total. The average Bonchev–Trinajstić information content (AvgIpc) is 2.76. The topological polar surface area (TPSA) is 49.4 Å². The number of alkyl halides is 3. The van der Waals surface area contributed by atoms with E-state index in [-0.39, 0.29) is 12.0 Å². The van der Waals surface area contributed by atoms with Crippen LogP contribution in [0.1, 0.15) is 18.9 Å². The number of benzene rings is 1. The SMILES string of the molecule is CN1CCC(C)(CNS(=O)(=O)c2ccccc2C(F)(F)F)C1. The van der Waals surface area contributed by atoms with Crippen molar-refractivity contribution in [3.05, 3.63) is 29.8 Å². The number of likely N-dealkylation sites (tertiary alicyclic amines) is 1.